The summed E-state index contributed by atoms with van der Waals surface area (Å²) >= 11 is 0. The molecule has 0 spiro atoms. The number of para-hydroxylation sites is 1. The van der Waals surface area contributed by atoms with E-state index in [1.54, 1.807) is 18.2 Å². The molecule has 6 heteroatoms. The van der Waals surface area contributed by atoms with Crippen LogP contribution in [0.2, 0.25) is 0 Å². The fraction of sp³-hybridized carbons (Fsp3) is 0. The molecule has 2 amide bonds. The molecule has 0 bridgehead atoms. The zero-order valence-corrected chi connectivity index (χ0v) is 9.78. The summed E-state index contributed by atoms with van der Waals surface area (Å²) in [6, 6.07) is 9.00. The van der Waals surface area contributed by atoms with Crippen LogP contribution in [0, 0.1) is 11.6 Å². The van der Waals surface area contributed by atoms with E-state index in [-0.39, 0.29) is 0 Å². The van der Waals surface area contributed by atoms with Crippen molar-refractivity contribution in [3.63, 3.8) is 0 Å². The van der Waals surface area contributed by atoms with Crippen molar-refractivity contribution in [1.82, 2.24) is 0 Å². The molecule has 0 radical (unpaired) electrons. The lowest BCUT2D eigenvalue weighted by atomic mass is 10.3. The number of anilines is 3. The summed E-state index contributed by atoms with van der Waals surface area (Å²) in [5.41, 5.74) is 5.94. The number of hydrogen-bond acceptors (Lipinski definition) is 2. The highest BCUT2D eigenvalue weighted by Crippen LogP contribution is 2.18. The molecule has 0 saturated heterocycles. The quantitative estimate of drug-likeness (QED) is 0.728. The lowest BCUT2D eigenvalue weighted by Gasteiger charge is -2.09. The first-order chi connectivity index (χ1) is 9.06. The Morgan fingerprint density at radius 1 is 1.00 bits per heavy atom. The minimum Gasteiger partial charge on any atom is -0.399 e. The normalized spacial score (nSPS) is 10.0. The van der Waals surface area contributed by atoms with Gasteiger partial charge in [-0.15, -0.1) is 0 Å². The number of urea groups is 1. The third-order valence-electron chi connectivity index (χ3n) is 2.35. The SMILES string of the molecule is Nc1cccc(NC(=O)Nc2c(F)cccc2F)c1. The predicted molar refractivity (Wildman–Crippen MR) is 69.9 cm³/mol. The minimum atomic E-state index is -0.845. The Hall–Kier alpha value is -2.63. The number of amides is 2. The Balaban J connectivity index is 2.10. The fourth-order valence-corrected chi connectivity index (χ4v) is 1.51. The Morgan fingerprint density at radius 2 is 1.63 bits per heavy atom. The first-order valence-corrected chi connectivity index (χ1v) is 5.44. The molecular formula is C13H11F2N3O. The van der Waals surface area contributed by atoms with Gasteiger partial charge in [-0.1, -0.05) is 12.1 Å². The first kappa shape index (κ1) is 12.8. The minimum absolute atomic E-state index is 0.425. The lowest BCUT2D eigenvalue weighted by Crippen LogP contribution is -2.21. The molecule has 2 aromatic carbocycles. The maximum atomic E-state index is 13.3. The third kappa shape index (κ3) is 3.19. The smallest absolute Gasteiger partial charge is 0.323 e. The number of carbonyl (C=O) groups is 1. The predicted octanol–water partition coefficient (Wildman–Crippen LogP) is 3.19. The van der Waals surface area contributed by atoms with E-state index in [4.69, 9.17) is 5.73 Å². The van der Waals surface area contributed by atoms with Crippen molar-refractivity contribution in [2.75, 3.05) is 16.4 Å². The van der Waals surface area contributed by atoms with Crippen molar-refractivity contribution in [3.05, 3.63) is 54.1 Å². The van der Waals surface area contributed by atoms with Crippen LogP contribution in [0.25, 0.3) is 0 Å². The third-order valence-corrected chi connectivity index (χ3v) is 2.35. The molecule has 0 unspecified atom stereocenters. The summed E-state index contributed by atoms with van der Waals surface area (Å²) in [4.78, 5) is 11.6. The van der Waals surface area contributed by atoms with Crippen molar-refractivity contribution in [3.8, 4) is 0 Å². The molecule has 4 N–H and O–H groups in total. The number of halogens is 2. The monoisotopic (exact) mass is 263 g/mol. The maximum absolute atomic E-state index is 13.3. The van der Waals surface area contributed by atoms with Gasteiger partial charge in [-0.2, -0.15) is 0 Å². The van der Waals surface area contributed by atoms with Crippen molar-refractivity contribution >= 4 is 23.1 Å². The second kappa shape index (κ2) is 5.34. The van der Waals surface area contributed by atoms with Crippen LogP contribution in [-0.2, 0) is 0 Å². The van der Waals surface area contributed by atoms with Gasteiger partial charge in [0.05, 0.1) is 0 Å². The van der Waals surface area contributed by atoms with Gasteiger partial charge in [0, 0.05) is 11.4 Å². The van der Waals surface area contributed by atoms with Crippen molar-refractivity contribution in [1.29, 1.82) is 0 Å². The molecule has 0 aliphatic carbocycles. The molecule has 0 aromatic heterocycles. The fourth-order valence-electron chi connectivity index (χ4n) is 1.51. The van der Waals surface area contributed by atoms with Gasteiger partial charge < -0.3 is 16.4 Å². The average molecular weight is 263 g/mol. The van der Waals surface area contributed by atoms with Crippen LogP contribution >= 0.6 is 0 Å². The topological polar surface area (TPSA) is 67.1 Å². The van der Waals surface area contributed by atoms with Gasteiger partial charge in [0.25, 0.3) is 0 Å². The van der Waals surface area contributed by atoms with Crippen molar-refractivity contribution in [2.45, 2.75) is 0 Å². The summed E-state index contributed by atoms with van der Waals surface area (Å²) < 4.78 is 26.6. The maximum Gasteiger partial charge on any atom is 0.323 e. The number of rotatable bonds is 2. The average Bonchev–Trinajstić information content (AvgIpc) is 2.34. The van der Waals surface area contributed by atoms with E-state index in [0.29, 0.717) is 11.4 Å². The molecular weight excluding hydrogens is 252 g/mol. The van der Waals surface area contributed by atoms with Gasteiger partial charge in [0.15, 0.2) is 0 Å². The molecule has 2 aromatic rings. The van der Waals surface area contributed by atoms with E-state index < -0.39 is 23.4 Å². The Bertz CT molecular complexity index is 596. The Labute approximate surface area is 108 Å². The number of nitrogens with two attached hydrogens (primary N) is 1. The van der Waals surface area contributed by atoms with E-state index in [2.05, 4.69) is 10.6 Å². The van der Waals surface area contributed by atoms with Gasteiger partial charge in [0.1, 0.15) is 17.3 Å². The molecule has 0 saturated carbocycles. The zero-order chi connectivity index (χ0) is 13.8. The number of hydrogen-bond donors (Lipinski definition) is 3. The summed E-state index contributed by atoms with van der Waals surface area (Å²) in [6.07, 6.45) is 0. The molecule has 0 aliphatic rings. The van der Waals surface area contributed by atoms with Crippen molar-refractivity contribution < 1.29 is 13.6 Å². The standard InChI is InChI=1S/C13H11F2N3O/c14-10-5-2-6-11(15)12(10)18-13(19)17-9-4-1-3-8(16)7-9/h1-7H,16H2,(H2,17,18,19). The van der Waals surface area contributed by atoms with Gasteiger partial charge in [-0.3, -0.25) is 0 Å². The number of nitrogen functional groups attached to an aromatic ring is 1. The molecule has 4 nitrogen and oxygen atoms in total. The van der Waals surface area contributed by atoms with Gasteiger partial charge >= 0.3 is 6.03 Å². The van der Waals surface area contributed by atoms with Crippen LogP contribution in [0.3, 0.4) is 0 Å². The molecule has 19 heavy (non-hydrogen) atoms. The second-order valence-corrected chi connectivity index (χ2v) is 3.80. The number of benzene rings is 2. The summed E-state index contributed by atoms with van der Waals surface area (Å²) in [5, 5.41) is 4.53. The van der Waals surface area contributed by atoms with Gasteiger partial charge in [-0.05, 0) is 30.3 Å². The zero-order valence-electron chi connectivity index (χ0n) is 9.78. The van der Waals surface area contributed by atoms with Gasteiger partial charge in [-0.25, -0.2) is 13.6 Å². The van der Waals surface area contributed by atoms with E-state index >= 15 is 0 Å². The Morgan fingerprint density at radius 3 is 2.26 bits per heavy atom. The molecule has 98 valence electrons. The highest BCUT2D eigenvalue weighted by molar-refractivity contribution is 6.00. The van der Waals surface area contributed by atoms with Gasteiger partial charge in [0.2, 0.25) is 0 Å². The van der Waals surface area contributed by atoms with Crippen LogP contribution in [0.5, 0.6) is 0 Å². The second-order valence-electron chi connectivity index (χ2n) is 3.80. The number of carbonyl (C=O) groups excluding carboxylic acids is 1. The lowest BCUT2D eigenvalue weighted by molar-refractivity contribution is 0.262. The van der Waals surface area contributed by atoms with E-state index in [0.717, 1.165) is 12.1 Å². The van der Waals surface area contributed by atoms with Crippen LogP contribution in [-0.4, -0.2) is 6.03 Å². The Kier molecular flexibility index (Phi) is 3.61. The van der Waals surface area contributed by atoms with Crippen LogP contribution in [0.4, 0.5) is 30.6 Å². The first-order valence-electron chi connectivity index (χ1n) is 5.44. The summed E-state index contributed by atoms with van der Waals surface area (Å²) in [7, 11) is 0. The molecule has 2 rings (SSSR count). The van der Waals surface area contributed by atoms with E-state index in [9.17, 15) is 13.6 Å². The summed E-state index contributed by atoms with van der Waals surface area (Å²) in [6.45, 7) is 0. The molecule has 0 fully saturated rings. The van der Waals surface area contributed by atoms with E-state index in [1.165, 1.54) is 12.1 Å². The number of nitrogens with one attached hydrogen (secondary N) is 2. The molecule has 0 atom stereocenters. The van der Waals surface area contributed by atoms with E-state index in [1.807, 2.05) is 0 Å². The largest absolute Gasteiger partial charge is 0.399 e. The van der Waals surface area contributed by atoms with Crippen LogP contribution in [0.1, 0.15) is 0 Å². The molecule has 0 aliphatic heterocycles. The highest BCUT2D eigenvalue weighted by atomic mass is 19.1. The summed E-state index contributed by atoms with van der Waals surface area (Å²) in [5.74, 6) is -1.69. The van der Waals surface area contributed by atoms with Crippen LogP contribution < -0.4 is 16.4 Å². The van der Waals surface area contributed by atoms with Crippen molar-refractivity contribution in [2.24, 2.45) is 0 Å². The van der Waals surface area contributed by atoms with Crippen LogP contribution in [0.15, 0.2) is 42.5 Å². The molecule has 0 heterocycles. The highest BCUT2D eigenvalue weighted by Gasteiger charge is 2.11.